The van der Waals surface area contributed by atoms with Crippen molar-refractivity contribution in [1.29, 1.82) is 0 Å². The summed E-state index contributed by atoms with van der Waals surface area (Å²) in [6.45, 7) is 0. The second-order valence-corrected chi connectivity index (χ2v) is 5.49. The summed E-state index contributed by atoms with van der Waals surface area (Å²) in [5, 5.41) is 6.16. The molecule has 0 saturated carbocycles. The minimum Gasteiger partial charge on any atom is -0.286 e. The molecule has 0 atom stereocenters. The zero-order valence-electron chi connectivity index (χ0n) is 8.51. The Bertz CT molecular complexity index is 634. The highest BCUT2D eigenvalue weighted by atomic mass is 32.1. The molecule has 3 nitrogen and oxygen atoms in total. The normalized spacial score (nSPS) is 11.1. The molecule has 0 bridgehead atoms. The topological polar surface area (TPSA) is 34.9 Å². The van der Waals surface area contributed by atoms with Gasteiger partial charge in [0.2, 0.25) is 5.78 Å². The molecule has 3 heterocycles. The SMILES string of the molecule is Cn1ccc(C(=O)c2cc3sccc3s2)n1. The van der Waals surface area contributed by atoms with Crippen LogP contribution in [0.25, 0.3) is 9.40 Å². The highest BCUT2D eigenvalue weighted by molar-refractivity contribution is 7.28. The molecular weight excluding hydrogens is 240 g/mol. The van der Waals surface area contributed by atoms with Gasteiger partial charge in [0, 0.05) is 22.6 Å². The van der Waals surface area contributed by atoms with Gasteiger partial charge in [-0.25, -0.2) is 0 Å². The number of rotatable bonds is 2. The first kappa shape index (κ1) is 9.74. The molecule has 3 rings (SSSR count). The lowest BCUT2D eigenvalue weighted by atomic mass is 10.2. The van der Waals surface area contributed by atoms with Crippen molar-refractivity contribution < 1.29 is 4.79 Å². The van der Waals surface area contributed by atoms with Crippen molar-refractivity contribution in [3.05, 3.63) is 40.3 Å². The molecule has 5 heteroatoms. The van der Waals surface area contributed by atoms with Crippen LogP contribution in [0.15, 0.2) is 29.8 Å². The van der Waals surface area contributed by atoms with E-state index in [1.54, 1.807) is 28.3 Å². The third-order valence-electron chi connectivity index (χ3n) is 2.31. The number of thiophene rings is 2. The molecule has 0 spiro atoms. The number of aryl methyl sites for hydroxylation is 1. The van der Waals surface area contributed by atoms with Crippen LogP contribution in [-0.4, -0.2) is 15.6 Å². The van der Waals surface area contributed by atoms with Crippen LogP contribution in [0.1, 0.15) is 15.4 Å². The van der Waals surface area contributed by atoms with Gasteiger partial charge in [0.1, 0.15) is 5.69 Å². The monoisotopic (exact) mass is 248 g/mol. The van der Waals surface area contributed by atoms with Crippen LogP contribution in [0.3, 0.4) is 0 Å². The third kappa shape index (κ3) is 1.48. The zero-order valence-corrected chi connectivity index (χ0v) is 10.1. The van der Waals surface area contributed by atoms with Gasteiger partial charge >= 0.3 is 0 Å². The number of ketones is 1. The van der Waals surface area contributed by atoms with E-state index in [0.29, 0.717) is 5.69 Å². The van der Waals surface area contributed by atoms with E-state index in [1.165, 1.54) is 20.7 Å². The molecule has 0 aromatic carbocycles. The summed E-state index contributed by atoms with van der Waals surface area (Å²) >= 11 is 3.19. The zero-order chi connectivity index (χ0) is 11.1. The van der Waals surface area contributed by atoms with Crippen LogP contribution in [-0.2, 0) is 7.05 Å². The van der Waals surface area contributed by atoms with Crippen molar-refractivity contribution in [1.82, 2.24) is 9.78 Å². The van der Waals surface area contributed by atoms with E-state index in [1.807, 2.05) is 24.6 Å². The van der Waals surface area contributed by atoms with Crippen LogP contribution < -0.4 is 0 Å². The summed E-state index contributed by atoms with van der Waals surface area (Å²) in [6.07, 6.45) is 1.78. The summed E-state index contributed by atoms with van der Waals surface area (Å²) in [5.41, 5.74) is 0.511. The number of nitrogens with zero attached hydrogens (tertiary/aromatic N) is 2. The van der Waals surface area contributed by atoms with Crippen molar-refractivity contribution in [2.45, 2.75) is 0 Å². The van der Waals surface area contributed by atoms with Crippen LogP contribution in [0.2, 0.25) is 0 Å². The number of hydrogen-bond acceptors (Lipinski definition) is 4. The Kier molecular flexibility index (Phi) is 2.15. The summed E-state index contributed by atoms with van der Waals surface area (Å²) in [6, 6.07) is 5.73. The van der Waals surface area contributed by atoms with Gasteiger partial charge in [-0.2, -0.15) is 5.10 Å². The maximum Gasteiger partial charge on any atom is 0.223 e. The highest BCUT2D eigenvalue weighted by Gasteiger charge is 2.15. The lowest BCUT2D eigenvalue weighted by Gasteiger charge is -1.90. The third-order valence-corrected chi connectivity index (χ3v) is 4.40. The van der Waals surface area contributed by atoms with Gasteiger partial charge in [-0.3, -0.25) is 9.48 Å². The molecular formula is C11H8N2OS2. The van der Waals surface area contributed by atoms with Crippen LogP contribution in [0, 0.1) is 0 Å². The fraction of sp³-hybridized carbons (Fsp3) is 0.0909. The van der Waals surface area contributed by atoms with Crippen molar-refractivity contribution in [3.8, 4) is 0 Å². The minimum atomic E-state index is 0.00833. The van der Waals surface area contributed by atoms with Crippen molar-refractivity contribution in [3.63, 3.8) is 0 Å². The van der Waals surface area contributed by atoms with E-state index >= 15 is 0 Å². The molecule has 0 aliphatic heterocycles. The van der Waals surface area contributed by atoms with E-state index in [2.05, 4.69) is 5.10 Å². The van der Waals surface area contributed by atoms with Gasteiger partial charge in [0.05, 0.1) is 4.88 Å². The highest BCUT2D eigenvalue weighted by Crippen LogP contribution is 2.30. The molecule has 0 aliphatic carbocycles. The first-order valence-corrected chi connectivity index (χ1v) is 6.45. The Morgan fingerprint density at radius 1 is 1.38 bits per heavy atom. The molecule has 16 heavy (non-hydrogen) atoms. The fourth-order valence-corrected chi connectivity index (χ4v) is 3.60. The Morgan fingerprint density at radius 2 is 2.25 bits per heavy atom. The summed E-state index contributed by atoms with van der Waals surface area (Å²) < 4.78 is 3.98. The largest absolute Gasteiger partial charge is 0.286 e. The molecule has 80 valence electrons. The maximum absolute atomic E-state index is 12.1. The van der Waals surface area contributed by atoms with Gasteiger partial charge in [-0.15, -0.1) is 22.7 Å². The number of fused-ring (bicyclic) bond motifs is 1. The number of aromatic nitrogens is 2. The molecule has 0 aliphatic rings. The minimum absolute atomic E-state index is 0.00833. The Hall–Kier alpha value is -1.46. The second-order valence-electron chi connectivity index (χ2n) is 3.46. The van der Waals surface area contributed by atoms with Crippen LogP contribution in [0.4, 0.5) is 0 Å². The van der Waals surface area contributed by atoms with Crippen LogP contribution >= 0.6 is 22.7 Å². The number of hydrogen-bond donors (Lipinski definition) is 0. The van der Waals surface area contributed by atoms with Gasteiger partial charge < -0.3 is 0 Å². The van der Waals surface area contributed by atoms with E-state index in [4.69, 9.17) is 0 Å². The van der Waals surface area contributed by atoms with E-state index < -0.39 is 0 Å². The van der Waals surface area contributed by atoms with Crippen LogP contribution in [0.5, 0.6) is 0 Å². The van der Waals surface area contributed by atoms with Crippen molar-refractivity contribution >= 4 is 37.9 Å². The molecule has 0 amide bonds. The van der Waals surface area contributed by atoms with Gasteiger partial charge in [-0.05, 0) is 23.6 Å². The van der Waals surface area contributed by atoms with E-state index in [0.717, 1.165) is 4.88 Å². The predicted molar refractivity (Wildman–Crippen MR) is 66.3 cm³/mol. The van der Waals surface area contributed by atoms with E-state index in [9.17, 15) is 4.79 Å². The number of carbonyl (C=O) groups is 1. The molecule has 0 fully saturated rings. The summed E-state index contributed by atoms with van der Waals surface area (Å²) in [5.74, 6) is 0.00833. The summed E-state index contributed by atoms with van der Waals surface area (Å²) in [4.78, 5) is 12.8. The first-order chi connectivity index (χ1) is 7.74. The lowest BCUT2D eigenvalue weighted by Crippen LogP contribution is -2.00. The van der Waals surface area contributed by atoms with E-state index in [-0.39, 0.29) is 5.78 Å². The van der Waals surface area contributed by atoms with Gasteiger partial charge in [0.15, 0.2) is 0 Å². The van der Waals surface area contributed by atoms with Crippen molar-refractivity contribution in [2.24, 2.45) is 7.05 Å². The first-order valence-electron chi connectivity index (χ1n) is 4.75. The maximum atomic E-state index is 12.1. The van der Waals surface area contributed by atoms with Gasteiger partial charge in [0.25, 0.3) is 0 Å². The molecule has 0 radical (unpaired) electrons. The quantitative estimate of drug-likeness (QED) is 0.654. The second kappa shape index (κ2) is 3.54. The molecule has 0 saturated heterocycles. The molecule has 0 N–H and O–H groups in total. The smallest absolute Gasteiger partial charge is 0.223 e. The number of carbonyl (C=O) groups excluding carboxylic acids is 1. The molecule has 0 unspecified atom stereocenters. The summed E-state index contributed by atoms with van der Waals surface area (Å²) in [7, 11) is 1.81. The molecule has 3 aromatic heterocycles. The van der Waals surface area contributed by atoms with Gasteiger partial charge in [-0.1, -0.05) is 0 Å². The standard InChI is InChI=1S/C11H8N2OS2/c1-13-4-2-7(12-13)11(14)10-6-9-8(16-10)3-5-15-9/h2-6H,1H3. The average Bonchev–Trinajstić information content (AvgIpc) is 2.89. The Balaban J connectivity index is 2.04. The fourth-order valence-electron chi connectivity index (χ4n) is 1.54. The Morgan fingerprint density at radius 3 is 2.94 bits per heavy atom. The predicted octanol–water partition coefficient (Wildman–Crippen LogP) is 2.93. The Labute approximate surface area is 99.9 Å². The van der Waals surface area contributed by atoms with Crippen molar-refractivity contribution in [2.75, 3.05) is 0 Å². The lowest BCUT2D eigenvalue weighted by molar-refractivity contribution is 0.103. The molecule has 3 aromatic rings. The average molecular weight is 248 g/mol.